The van der Waals surface area contributed by atoms with Crippen molar-refractivity contribution >= 4 is 13.7 Å². The summed E-state index contributed by atoms with van der Waals surface area (Å²) in [5.74, 6) is -0.154. The van der Waals surface area contributed by atoms with Crippen molar-refractivity contribution in [3.05, 3.63) is 48.6 Å². The minimum Gasteiger partial charge on any atom is -0.391 e. The van der Waals surface area contributed by atoms with Crippen LogP contribution in [-0.4, -0.2) is 73.4 Å². The molecule has 8 nitrogen and oxygen atoms in total. The molecular formula is C45H86N2O6P+. The number of aliphatic hydroxyl groups excluding tert-OH is 1. The van der Waals surface area contributed by atoms with Gasteiger partial charge in [0.15, 0.2) is 0 Å². The molecule has 316 valence electrons. The second kappa shape index (κ2) is 37.1. The fraction of sp³-hybridized carbons (Fsp3) is 0.800. The number of hydrogen-bond acceptors (Lipinski definition) is 5. The highest BCUT2D eigenvalue weighted by Gasteiger charge is 2.28. The Labute approximate surface area is 333 Å². The summed E-state index contributed by atoms with van der Waals surface area (Å²) in [5.41, 5.74) is 0. The lowest BCUT2D eigenvalue weighted by atomic mass is 10.0. The number of rotatable bonds is 39. The van der Waals surface area contributed by atoms with Crippen LogP contribution < -0.4 is 5.32 Å². The van der Waals surface area contributed by atoms with E-state index < -0.39 is 20.0 Å². The van der Waals surface area contributed by atoms with E-state index in [0.717, 1.165) is 64.2 Å². The number of aliphatic hydroxyl groups is 1. The van der Waals surface area contributed by atoms with Gasteiger partial charge in [-0.25, -0.2) is 4.57 Å². The van der Waals surface area contributed by atoms with Crippen LogP contribution in [0.4, 0.5) is 0 Å². The molecular weight excluding hydrogens is 695 g/mol. The van der Waals surface area contributed by atoms with E-state index in [1.54, 1.807) is 0 Å². The number of amides is 1. The lowest BCUT2D eigenvalue weighted by molar-refractivity contribution is -0.870. The molecule has 3 atom stereocenters. The number of allylic oxidation sites excluding steroid dienone is 8. The normalized spacial score (nSPS) is 14.9. The number of hydrogen-bond donors (Lipinski definition) is 3. The van der Waals surface area contributed by atoms with E-state index in [0.29, 0.717) is 23.9 Å². The SMILES string of the molecule is CC/C=C\C/C=C\C/C=C\C/C=C\CCCCCCCCCCCCC(=O)NC(COP(=O)(O)OCC[N+](C)(C)C)C(O)CCCCCCCCCCC. The predicted molar refractivity (Wildman–Crippen MR) is 231 cm³/mol. The number of phosphoric ester groups is 1. The van der Waals surface area contributed by atoms with E-state index in [2.05, 4.69) is 67.8 Å². The summed E-state index contributed by atoms with van der Waals surface area (Å²) in [6.07, 6.45) is 45.7. The van der Waals surface area contributed by atoms with Crippen LogP contribution in [0.3, 0.4) is 0 Å². The van der Waals surface area contributed by atoms with Crippen molar-refractivity contribution in [3.63, 3.8) is 0 Å². The Hall–Kier alpha value is -1.54. The van der Waals surface area contributed by atoms with Gasteiger partial charge < -0.3 is 19.8 Å². The van der Waals surface area contributed by atoms with Crippen molar-refractivity contribution in [3.8, 4) is 0 Å². The quantitative estimate of drug-likeness (QED) is 0.0248. The van der Waals surface area contributed by atoms with Crippen molar-refractivity contribution in [1.29, 1.82) is 0 Å². The minimum atomic E-state index is -4.31. The Morgan fingerprint density at radius 1 is 0.648 bits per heavy atom. The fourth-order valence-electron chi connectivity index (χ4n) is 6.09. The highest BCUT2D eigenvalue weighted by atomic mass is 31.2. The Morgan fingerprint density at radius 3 is 1.63 bits per heavy atom. The maximum atomic E-state index is 12.9. The van der Waals surface area contributed by atoms with Crippen molar-refractivity contribution in [2.45, 2.75) is 193 Å². The summed E-state index contributed by atoms with van der Waals surface area (Å²) in [5, 5.41) is 13.9. The lowest BCUT2D eigenvalue weighted by Gasteiger charge is -2.26. The van der Waals surface area contributed by atoms with Crippen LogP contribution >= 0.6 is 7.82 Å². The highest BCUT2D eigenvalue weighted by Crippen LogP contribution is 2.43. The van der Waals surface area contributed by atoms with Crippen LogP contribution in [-0.2, 0) is 18.4 Å². The van der Waals surface area contributed by atoms with Crippen LogP contribution in [0.2, 0.25) is 0 Å². The molecule has 0 aromatic heterocycles. The molecule has 54 heavy (non-hydrogen) atoms. The van der Waals surface area contributed by atoms with Crippen molar-refractivity contribution in [2.24, 2.45) is 0 Å². The van der Waals surface area contributed by atoms with Crippen molar-refractivity contribution < 1.29 is 32.9 Å². The van der Waals surface area contributed by atoms with Gasteiger partial charge in [-0.2, -0.15) is 0 Å². The zero-order chi connectivity index (χ0) is 40.0. The second-order valence-electron chi connectivity index (χ2n) is 16.0. The van der Waals surface area contributed by atoms with Gasteiger partial charge >= 0.3 is 7.82 Å². The first kappa shape index (κ1) is 52.5. The molecule has 9 heteroatoms. The molecule has 0 aliphatic heterocycles. The van der Waals surface area contributed by atoms with E-state index in [-0.39, 0.29) is 19.1 Å². The van der Waals surface area contributed by atoms with Gasteiger partial charge in [0.05, 0.1) is 39.9 Å². The van der Waals surface area contributed by atoms with Crippen LogP contribution in [0.1, 0.15) is 181 Å². The van der Waals surface area contributed by atoms with Gasteiger partial charge in [-0.3, -0.25) is 13.8 Å². The van der Waals surface area contributed by atoms with Gasteiger partial charge in [-0.15, -0.1) is 0 Å². The zero-order valence-electron chi connectivity index (χ0n) is 35.7. The molecule has 0 spiro atoms. The molecule has 1 amide bonds. The molecule has 0 aliphatic carbocycles. The van der Waals surface area contributed by atoms with Gasteiger partial charge in [0.2, 0.25) is 5.91 Å². The molecule has 0 saturated heterocycles. The molecule has 0 saturated carbocycles. The minimum absolute atomic E-state index is 0.0720. The molecule has 0 rings (SSSR count). The number of nitrogens with zero attached hydrogens (tertiary/aromatic N) is 1. The summed E-state index contributed by atoms with van der Waals surface area (Å²) in [7, 11) is 1.60. The Bertz CT molecular complexity index is 1020. The Kier molecular flexibility index (Phi) is 36.0. The first-order chi connectivity index (χ1) is 26.0. The number of quaternary nitrogens is 1. The highest BCUT2D eigenvalue weighted by molar-refractivity contribution is 7.47. The molecule has 0 heterocycles. The molecule has 0 radical (unpaired) electrons. The molecule has 0 aromatic carbocycles. The monoisotopic (exact) mass is 782 g/mol. The van der Waals surface area contributed by atoms with Gasteiger partial charge in [0.1, 0.15) is 13.2 Å². The van der Waals surface area contributed by atoms with Crippen LogP contribution in [0.25, 0.3) is 0 Å². The smallest absolute Gasteiger partial charge is 0.391 e. The van der Waals surface area contributed by atoms with E-state index in [1.807, 2.05) is 21.1 Å². The Morgan fingerprint density at radius 2 is 1.11 bits per heavy atom. The molecule has 0 aromatic rings. The summed E-state index contributed by atoms with van der Waals surface area (Å²) in [4.78, 5) is 23.1. The first-order valence-corrected chi connectivity index (χ1v) is 23.5. The van der Waals surface area contributed by atoms with Gasteiger partial charge in [0, 0.05) is 6.42 Å². The number of phosphoric acid groups is 1. The fourth-order valence-corrected chi connectivity index (χ4v) is 6.83. The first-order valence-electron chi connectivity index (χ1n) is 22.0. The van der Waals surface area contributed by atoms with Crippen LogP contribution in [0.5, 0.6) is 0 Å². The van der Waals surface area contributed by atoms with Crippen LogP contribution in [0, 0.1) is 0 Å². The largest absolute Gasteiger partial charge is 0.472 e. The lowest BCUT2D eigenvalue weighted by Crippen LogP contribution is -2.46. The summed E-state index contributed by atoms with van der Waals surface area (Å²) in [6.45, 7) is 4.73. The molecule has 3 N–H and O–H groups in total. The topological polar surface area (TPSA) is 105 Å². The van der Waals surface area contributed by atoms with Gasteiger partial charge in [-0.05, 0) is 51.4 Å². The van der Waals surface area contributed by atoms with Crippen LogP contribution in [0.15, 0.2) is 48.6 Å². The van der Waals surface area contributed by atoms with E-state index in [4.69, 9.17) is 9.05 Å². The summed E-state index contributed by atoms with van der Waals surface area (Å²) >= 11 is 0. The van der Waals surface area contributed by atoms with Gasteiger partial charge in [0.25, 0.3) is 0 Å². The summed E-state index contributed by atoms with van der Waals surface area (Å²) in [6, 6.07) is -0.761. The zero-order valence-corrected chi connectivity index (χ0v) is 36.6. The van der Waals surface area contributed by atoms with Crippen molar-refractivity contribution in [1.82, 2.24) is 5.32 Å². The van der Waals surface area contributed by atoms with Crippen molar-refractivity contribution in [2.75, 3.05) is 40.9 Å². The molecule has 0 fully saturated rings. The van der Waals surface area contributed by atoms with Gasteiger partial charge in [-0.1, -0.05) is 172 Å². The molecule has 3 unspecified atom stereocenters. The van der Waals surface area contributed by atoms with E-state index >= 15 is 0 Å². The molecule has 0 bridgehead atoms. The standard InChI is InChI=1S/C45H85N2O6P/c1-6-8-10-12-14-16-17-18-19-20-21-22-23-24-25-26-27-28-29-31-33-35-37-39-45(49)46-43(42-53-54(50,51)52-41-40-47(3,4)5)44(48)38-36-34-32-30-15-13-11-9-7-2/h8,10,14,16,18-19,21-22,43-44,48H,6-7,9,11-13,15,17,20,23-42H2,1-5H3,(H-,46,49,50,51)/p+1/b10-8-,16-14-,19-18-,22-21-. The predicted octanol–water partition coefficient (Wildman–Crippen LogP) is 12.1. The number of unbranched alkanes of at least 4 members (excludes halogenated alkanes) is 18. The average Bonchev–Trinajstić information content (AvgIpc) is 3.12. The second-order valence-corrected chi connectivity index (χ2v) is 17.5. The Balaban J connectivity index is 4.22. The van der Waals surface area contributed by atoms with E-state index in [9.17, 15) is 19.4 Å². The maximum Gasteiger partial charge on any atom is 0.472 e. The summed E-state index contributed by atoms with van der Waals surface area (Å²) < 4.78 is 23.5. The molecule has 0 aliphatic rings. The number of likely N-dealkylation sites (N-methyl/N-ethyl adjacent to an activating group) is 1. The number of carbonyl (C=O) groups excluding carboxylic acids is 1. The average molecular weight is 782 g/mol. The number of nitrogens with one attached hydrogen (secondary N) is 1. The van der Waals surface area contributed by atoms with E-state index in [1.165, 1.54) is 89.9 Å². The third-order valence-electron chi connectivity index (χ3n) is 9.59. The number of carbonyl (C=O) groups is 1. The third-order valence-corrected chi connectivity index (χ3v) is 10.6. The third kappa shape index (κ3) is 38.7. The maximum absolute atomic E-state index is 12.9.